The van der Waals surface area contributed by atoms with Crippen LogP contribution in [0, 0.1) is 0 Å². The van der Waals surface area contributed by atoms with E-state index in [2.05, 4.69) is 10.1 Å². The molecule has 0 aliphatic heterocycles. The molecular weight excluding hydrogens is 246 g/mol. The van der Waals surface area contributed by atoms with Crippen LogP contribution in [0.2, 0.25) is 0 Å². The molecule has 0 fully saturated rings. The second-order valence-electron chi connectivity index (χ2n) is 4.14. The van der Waals surface area contributed by atoms with Gasteiger partial charge >= 0.3 is 0 Å². The summed E-state index contributed by atoms with van der Waals surface area (Å²) >= 11 is 0. The molecule has 1 aromatic rings. The summed E-state index contributed by atoms with van der Waals surface area (Å²) in [6.45, 7) is 4.31. The second-order valence-corrected chi connectivity index (χ2v) is 6.28. The summed E-state index contributed by atoms with van der Waals surface area (Å²) in [5.74, 6) is -0.00896. The largest absolute Gasteiger partial charge is 0.379 e. The van der Waals surface area contributed by atoms with Crippen molar-refractivity contribution in [2.45, 2.75) is 25.1 Å². The van der Waals surface area contributed by atoms with Crippen molar-refractivity contribution in [3.05, 3.63) is 11.7 Å². The number of aromatic nitrogens is 2. The van der Waals surface area contributed by atoms with E-state index in [4.69, 9.17) is 15.0 Å². The van der Waals surface area contributed by atoms with E-state index in [9.17, 15) is 8.42 Å². The third kappa shape index (κ3) is 4.41. The number of nitrogens with two attached hydrogens (primary N) is 1. The molecule has 1 unspecified atom stereocenters. The van der Waals surface area contributed by atoms with Crippen molar-refractivity contribution in [3.8, 4) is 0 Å². The molecule has 0 amide bonds. The summed E-state index contributed by atoms with van der Waals surface area (Å²) in [5, 5.41) is 3.67. The first-order valence-electron chi connectivity index (χ1n) is 5.12. The minimum Gasteiger partial charge on any atom is -0.379 e. The molecule has 2 N–H and O–H groups in total. The maximum absolute atomic E-state index is 11.0. The normalized spacial score (nSPS) is 15.8. The Hall–Kier alpha value is -0.990. The van der Waals surface area contributed by atoms with Gasteiger partial charge in [-0.3, -0.25) is 0 Å². The summed E-state index contributed by atoms with van der Waals surface area (Å²) in [6, 6.07) is 0. The van der Waals surface area contributed by atoms with Crippen LogP contribution in [0.4, 0.5) is 0 Å². The Bertz CT molecular complexity index is 466. The molecule has 0 bridgehead atoms. The van der Waals surface area contributed by atoms with Gasteiger partial charge in [0, 0.05) is 12.9 Å². The molecule has 7 nitrogen and oxygen atoms in total. The lowest BCUT2D eigenvalue weighted by Crippen LogP contribution is -2.39. The summed E-state index contributed by atoms with van der Waals surface area (Å²) in [5.41, 5.74) is 5.05. The highest BCUT2D eigenvalue weighted by Gasteiger charge is 2.28. The first-order valence-corrected chi connectivity index (χ1v) is 7.18. The molecule has 1 heterocycles. The predicted octanol–water partition coefficient (Wildman–Crippen LogP) is -0.175. The van der Waals surface area contributed by atoms with Gasteiger partial charge in [-0.25, -0.2) is 8.42 Å². The van der Waals surface area contributed by atoms with Crippen molar-refractivity contribution < 1.29 is 17.7 Å². The fourth-order valence-corrected chi connectivity index (χ4v) is 1.71. The highest BCUT2D eigenvalue weighted by Crippen LogP contribution is 2.15. The van der Waals surface area contributed by atoms with Crippen molar-refractivity contribution in [1.82, 2.24) is 10.1 Å². The minimum atomic E-state index is -3.19. The molecule has 1 aromatic heterocycles. The van der Waals surface area contributed by atoms with E-state index < -0.39 is 15.4 Å². The topological polar surface area (TPSA) is 108 Å². The first kappa shape index (κ1) is 14.1. The number of sulfone groups is 1. The molecule has 0 aromatic carbocycles. The van der Waals surface area contributed by atoms with Crippen molar-refractivity contribution in [3.63, 3.8) is 0 Å². The van der Waals surface area contributed by atoms with E-state index in [1.165, 1.54) is 0 Å². The zero-order valence-electron chi connectivity index (χ0n) is 10.1. The van der Waals surface area contributed by atoms with E-state index in [1.807, 2.05) is 6.92 Å². The number of ether oxygens (including phenoxy) is 1. The lowest BCUT2D eigenvalue weighted by atomic mass is 10.1. The van der Waals surface area contributed by atoms with E-state index >= 15 is 0 Å². The van der Waals surface area contributed by atoms with Crippen LogP contribution in [0.3, 0.4) is 0 Å². The SMILES string of the molecule is CCOCC(C)(N)c1noc(CS(C)(=O)=O)n1. The standard InChI is InChI=1S/C9H17N3O4S/c1-4-15-6-9(2,10)8-11-7(16-12-8)5-17(3,13)14/h4-6,10H2,1-3H3. The van der Waals surface area contributed by atoms with Crippen LogP contribution in [-0.2, 0) is 25.9 Å². The van der Waals surface area contributed by atoms with Crippen molar-refractivity contribution >= 4 is 9.84 Å². The third-order valence-corrected chi connectivity index (χ3v) is 2.74. The summed E-state index contributed by atoms with van der Waals surface area (Å²) in [4.78, 5) is 3.96. The summed E-state index contributed by atoms with van der Waals surface area (Å²) < 4.78 is 32.1. The monoisotopic (exact) mass is 263 g/mol. The number of nitrogens with zero attached hydrogens (tertiary/aromatic N) is 2. The lowest BCUT2D eigenvalue weighted by Gasteiger charge is -2.19. The van der Waals surface area contributed by atoms with Crippen LogP contribution >= 0.6 is 0 Å². The molecular formula is C9H17N3O4S. The number of hydrogen-bond acceptors (Lipinski definition) is 7. The zero-order valence-corrected chi connectivity index (χ0v) is 11.0. The van der Waals surface area contributed by atoms with Crippen LogP contribution in [0.25, 0.3) is 0 Å². The van der Waals surface area contributed by atoms with Gasteiger partial charge in [-0.2, -0.15) is 4.98 Å². The first-order chi connectivity index (χ1) is 7.74. The lowest BCUT2D eigenvalue weighted by molar-refractivity contribution is 0.0962. The van der Waals surface area contributed by atoms with Gasteiger partial charge in [0.25, 0.3) is 0 Å². The van der Waals surface area contributed by atoms with Crippen LogP contribution in [-0.4, -0.2) is 38.0 Å². The average Bonchev–Trinajstić information content (AvgIpc) is 2.61. The van der Waals surface area contributed by atoms with Crippen molar-refractivity contribution in [2.24, 2.45) is 5.73 Å². The molecule has 1 rings (SSSR count). The van der Waals surface area contributed by atoms with Gasteiger partial charge in [-0.1, -0.05) is 5.16 Å². The van der Waals surface area contributed by atoms with Crippen molar-refractivity contribution in [1.29, 1.82) is 0 Å². The van der Waals surface area contributed by atoms with Crippen LogP contribution in [0.5, 0.6) is 0 Å². The smallest absolute Gasteiger partial charge is 0.241 e. The van der Waals surface area contributed by atoms with Gasteiger partial charge in [0.05, 0.1) is 6.61 Å². The quantitative estimate of drug-likeness (QED) is 0.758. The maximum Gasteiger partial charge on any atom is 0.241 e. The molecule has 1 atom stereocenters. The predicted molar refractivity (Wildman–Crippen MR) is 60.9 cm³/mol. The Morgan fingerprint density at radius 2 is 2.18 bits per heavy atom. The molecule has 98 valence electrons. The van der Waals surface area contributed by atoms with Gasteiger partial charge in [0.1, 0.15) is 11.3 Å². The molecule has 8 heteroatoms. The maximum atomic E-state index is 11.0. The van der Waals surface area contributed by atoms with Gasteiger partial charge in [0.15, 0.2) is 15.7 Å². The summed E-state index contributed by atoms with van der Waals surface area (Å²) in [7, 11) is -3.19. The fraction of sp³-hybridized carbons (Fsp3) is 0.778. The number of hydrogen-bond donors (Lipinski definition) is 1. The van der Waals surface area contributed by atoms with Gasteiger partial charge in [0.2, 0.25) is 5.89 Å². The molecule has 0 saturated heterocycles. The molecule has 0 radical (unpaired) electrons. The van der Waals surface area contributed by atoms with Gasteiger partial charge < -0.3 is 15.0 Å². The molecule has 17 heavy (non-hydrogen) atoms. The fourth-order valence-electron chi connectivity index (χ4n) is 1.15. The molecule has 0 saturated carbocycles. The average molecular weight is 263 g/mol. The summed E-state index contributed by atoms with van der Waals surface area (Å²) in [6.07, 6.45) is 1.10. The Kier molecular flexibility index (Phi) is 4.23. The highest BCUT2D eigenvalue weighted by atomic mass is 32.2. The van der Waals surface area contributed by atoms with E-state index in [1.54, 1.807) is 6.92 Å². The Morgan fingerprint density at radius 1 is 1.53 bits per heavy atom. The van der Waals surface area contributed by atoms with Crippen LogP contribution in [0.1, 0.15) is 25.6 Å². The Balaban J connectivity index is 2.80. The molecule has 0 aliphatic rings. The molecule has 0 spiro atoms. The van der Waals surface area contributed by atoms with E-state index in [0.29, 0.717) is 6.61 Å². The Morgan fingerprint density at radius 3 is 2.71 bits per heavy atom. The second kappa shape index (κ2) is 5.11. The van der Waals surface area contributed by atoms with Crippen LogP contribution in [0.15, 0.2) is 4.52 Å². The van der Waals surface area contributed by atoms with Gasteiger partial charge in [-0.05, 0) is 13.8 Å². The number of rotatable bonds is 6. The van der Waals surface area contributed by atoms with Crippen molar-refractivity contribution in [2.75, 3.05) is 19.5 Å². The molecule has 0 aliphatic carbocycles. The Labute approximate surface area is 100 Å². The zero-order chi connectivity index (χ0) is 13.1. The third-order valence-electron chi connectivity index (χ3n) is 1.97. The van der Waals surface area contributed by atoms with E-state index in [0.717, 1.165) is 6.26 Å². The highest BCUT2D eigenvalue weighted by molar-refractivity contribution is 7.89. The van der Waals surface area contributed by atoms with Crippen LogP contribution < -0.4 is 5.73 Å². The van der Waals surface area contributed by atoms with E-state index in [-0.39, 0.29) is 24.1 Å². The minimum absolute atomic E-state index is 0.0377. The van der Waals surface area contributed by atoms with Gasteiger partial charge in [-0.15, -0.1) is 0 Å².